The molecule has 0 aliphatic heterocycles. The van der Waals surface area contributed by atoms with Crippen LogP contribution in [0.25, 0.3) is 0 Å². The normalized spacial score (nSPS) is 11.1. The van der Waals surface area contributed by atoms with Crippen molar-refractivity contribution in [2.45, 2.75) is 19.9 Å². The lowest BCUT2D eigenvalue weighted by Crippen LogP contribution is -2.26. The van der Waals surface area contributed by atoms with Crippen molar-refractivity contribution in [3.8, 4) is 0 Å². The standard InChI is InChI=1S/C16H16ClN3O2S/c1-11(19-20-16(22)14-3-2-8-23-14)9-15(21)18-10-12-4-6-13(17)7-5-12/h2-8H,9-10H2,1H3,(H,18,21)(H,20,22). The van der Waals surface area contributed by atoms with Gasteiger partial charge in [0.2, 0.25) is 5.91 Å². The van der Waals surface area contributed by atoms with Crippen LogP contribution in [0.1, 0.15) is 28.6 Å². The van der Waals surface area contributed by atoms with E-state index in [4.69, 9.17) is 11.6 Å². The molecule has 1 heterocycles. The Balaban J connectivity index is 1.76. The van der Waals surface area contributed by atoms with E-state index in [1.807, 2.05) is 17.5 Å². The first-order chi connectivity index (χ1) is 11.0. The number of nitrogens with one attached hydrogen (secondary N) is 2. The van der Waals surface area contributed by atoms with Gasteiger partial charge in [0.1, 0.15) is 0 Å². The van der Waals surface area contributed by atoms with Gasteiger partial charge in [-0.3, -0.25) is 9.59 Å². The Morgan fingerprint density at radius 2 is 1.96 bits per heavy atom. The molecule has 0 saturated carbocycles. The molecular formula is C16H16ClN3O2S. The van der Waals surface area contributed by atoms with Crippen LogP contribution >= 0.6 is 22.9 Å². The van der Waals surface area contributed by atoms with Gasteiger partial charge in [0.15, 0.2) is 0 Å². The Hall–Kier alpha value is -2.18. The Bertz CT molecular complexity index is 697. The van der Waals surface area contributed by atoms with Crippen molar-refractivity contribution in [3.63, 3.8) is 0 Å². The molecule has 7 heteroatoms. The van der Waals surface area contributed by atoms with Crippen LogP contribution in [0.2, 0.25) is 5.02 Å². The molecule has 2 aromatic rings. The summed E-state index contributed by atoms with van der Waals surface area (Å²) < 4.78 is 0. The molecule has 120 valence electrons. The van der Waals surface area contributed by atoms with Crippen LogP contribution < -0.4 is 10.7 Å². The van der Waals surface area contributed by atoms with E-state index < -0.39 is 0 Å². The highest BCUT2D eigenvalue weighted by Gasteiger charge is 2.07. The number of carbonyl (C=O) groups excluding carboxylic acids is 2. The Kier molecular flexibility index (Phi) is 6.31. The lowest BCUT2D eigenvalue weighted by Gasteiger charge is -2.05. The van der Waals surface area contributed by atoms with E-state index in [2.05, 4.69) is 15.8 Å². The van der Waals surface area contributed by atoms with E-state index >= 15 is 0 Å². The molecule has 0 radical (unpaired) electrons. The van der Waals surface area contributed by atoms with Gasteiger partial charge >= 0.3 is 0 Å². The van der Waals surface area contributed by atoms with E-state index in [9.17, 15) is 9.59 Å². The number of nitrogens with zero attached hydrogens (tertiary/aromatic N) is 1. The summed E-state index contributed by atoms with van der Waals surface area (Å²) in [5.74, 6) is -0.438. The van der Waals surface area contributed by atoms with Gasteiger partial charge in [0.05, 0.1) is 11.3 Å². The van der Waals surface area contributed by atoms with Crippen molar-refractivity contribution >= 4 is 40.5 Å². The second kappa shape index (κ2) is 8.45. The number of amides is 2. The van der Waals surface area contributed by atoms with Gasteiger partial charge in [-0.2, -0.15) is 5.10 Å². The first-order valence-electron chi connectivity index (χ1n) is 6.93. The molecular weight excluding hydrogens is 334 g/mol. The minimum Gasteiger partial charge on any atom is -0.352 e. The smallest absolute Gasteiger partial charge is 0.281 e. The summed E-state index contributed by atoms with van der Waals surface area (Å²) in [7, 11) is 0. The number of carbonyl (C=O) groups is 2. The van der Waals surface area contributed by atoms with Crippen molar-refractivity contribution < 1.29 is 9.59 Å². The second-order valence-electron chi connectivity index (χ2n) is 4.85. The lowest BCUT2D eigenvalue weighted by atomic mass is 10.2. The fourth-order valence-corrected chi connectivity index (χ4v) is 2.49. The zero-order chi connectivity index (χ0) is 16.7. The van der Waals surface area contributed by atoms with Gasteiger partial charge in [0, 0.05) is 17.3 Å². The number of hydrazone groups is 1. The third-order valence-corrected chi connectivity index (χ3v) is 4.03. The topological polar surface area (TPSA) is 70.6 Å². The number of halogens is 1. The first kappa shape index (κ1) is 17.2. The summed E-state index contributed by atoms with van der Waals surface area (Å²) in [6.07, 6.45) is 0.123. The molecule has 0 bridgehead atoms. The molecule has 0 aliphatic carbocycles. The fraction of sp³-hybridized carbons (Fsp3) is 0.188. The predicted octanol–water partition coefficient (Wildman–Crippen LogP) is 3.21. The minimum atomic E-state index is -0.277. The minimum absolute atomic E-state index is 0.123. The summed E-state index contributed by atoms with van der Waals surface area (Å²) in [5.41, 5.74) is 3.93. The van der Waals surface area contributed by atoms with Crippen LogP contribution in [0.5, 0.6) is 0 Å². The SMILES string of the molecule is CC(CC(=O)NCc1ccc(Cl)cc1)=NNC(=O)c1cccs1. The van der Waals surface area contributed by atoms with Crippen LogP contribution in [0.15, 0.2) is 46.9 Å². The Morgan fingerprint density at radius 3 is 2.61 bits per heavy atom. The van der Waals surface area contributed by atoms with Gasteiger partial charge in [-0.05, 0) is 36.1 Å². The van der Waals surface area contributed by atoms with E-state index in [1.54, 1.807) is 31.2 Å². The zero-order valence-electron chi connectivity index (χ0n) is 12.5. The summed E-state index contributed by atoms with van der Waals surface area (Å²) >= 11 is 7.14. The number of benzene rings is 1. The third kappa shape index (κ3) is 5.84. The van der Waals surface area contributed by atoms with Crippen molar-refractivity contribution in [1.82, 2.24) is 10.7 Å². The maximum absolute atomic E-state index is 11.8. The predicted molar refractivity (Wildman–Crippen MR) is 92.8 cm³/mol. The number of thiophene rings is 1. The average Bonchev–Trinajstić information content (AvgIpc) is 3.06. The van der Waals surface area contributed by atoms with Crippen LogP contribution in [0, 0.1) is 0 Å². The van der Waals surface area contributed by atoms with E-state index in [-0.39, 0.29) is 18.2 Å². The molecule has 0 spiro atoms. The van der Waals surface area contributed by atoms with E-state index in [0.717, 1.165) is 5.56 Å². The highest BCUT2D eigenvalue weighted by Crippen LogP contribution is 2.09. The van der Waals surface area contributed by atoms with Gasteiger partial charge in [0.25, 0.3) is 5.91 Å². The molecule has 0 atom stereocenters. The highest BCUT2D eigenvalue weighted by atomic mass is 35.5. The molecule has 1 aromatic carbocycles. The molecule has 2 N–H and O–H groups in total. The van der Waals surface area contributed by atoms with E-state index in [0.29, 0.717) is 22.2 Å². The molecule has 0 fully saturated rings. The summed E-state index contributed by atoms with van der Waals surface area (Å²) in [6.45, 7) is 2.11. The second-order valence-corrected chi connectivity index (χ2v) is 6.23. The summed E-state index contributed by atoms with van der Waals surface area (Å²) in [5, 5.41) is 9.20. The van der Waals surface area contributed by atoms with Crippen LogP contribution in [0.3, 0.4) is 0 Å². The molecule has 0 aliphatic rings. The fourth-order valence-electron chi connectivity index (χ4n) is 1.75. The number of hydrogen-bond donors (Lipinski definition) is 2. The van der Waals surface area contributed by atoms with Crippen LogP contribution in [-0.4, -0.2) is 17.5 Å². The van der Waals surface area contributed by atoms with Gasteiger partial charge in [-0.25, -0.2) is 5.43 Å². The van der Waals surface area contributed by atoms with Crippen molar-refractivity contribution in [3.05, 3.63) is 57.2 Å². The van der Waals surface area contributed by atoms with Gasteiger partial charge in [-0.1, -0.05) is 29.8 Å². The number of rotatable bonds is 6. The van der Waals surface area contributed by atoms with E-state index in [1.165, 1.54) is 11.3 Å². The quantitative estimate of drug-likeness (QED) is 0.621. The van der Waals surface area contributed by atoms with Crippen molar-refractivity contribution in [2.75, 3.05) is 0 Å². The van der Waals surface area contributed by atoms with Gasteiger partial charge < -0.3 is 5.32 Å². The monoisotopic (exact) mass is 349 g/mol. The Morgan fingerprint density at radius 1 is 1.22 bits per heavy atom. The number of hydrogen-bond acceptors (Lipinski definition) is 4. The van der Waals surface area contributed by atoms with Gasteiger partial charge in [-0.15, -0.1) is 11.3 Å². The molecule has 23 heavy (non-hydrogen) atoms. The van der Waals surface area contributed by atoms with Crippen LogP contribution in [-0.2, 0) is 11.3 Å². The molecule has 2 rings (SSSR count). The summed E-state index contributed by atoms with van der Waals surface area (Å²) in [4.78, 5) is 24.1. The molecule has 0 unspecified atom stereocenters. The third-order valence-electron chi connectivity index (χ3n) is 2.91. The summed E-state index contributed by atoms with van der Waals surface area (Å²) in [6, 6.07) is 10.8. The molecule has 1 aromatic heterocycles. The maximum Gasteiger partial charge on any atom is 0.281 e. The average molecular weight is 350 g/mol. The zero-order valence-corrected chi connectivity index (χ0v) is 14.1. The molecule has 2 amide bonds. The van der Waals surface area contributed by atoms with Crippen molar-refractivity contribution in [1.29, 1.82) is 0 Å². The highest BCUT2D eigenvalue weighted by molar-refractivity contribution is 7.12. The molecule has 5 nitrogen and oxygen atoms in total. The molecule has 0 saturated heterocycles. The van der Waals surface area contributed by atoms with Crippen molar-refractivity contribution in [2.24, 2.45) is 5.10 Å². The lowest BCUT2D eigenvalue weighted by molar-refractivity contribution is -0.120. The maximum atomic E-state index is 11.8. The van der Waals surface area contributed by atoms with Crippen LogP contribution in [0.4, 0.5) is 0 Å². The first-order valence-corrected chi connectivity index (χ1v) is 8.18. The Labute approximate surface area is 143 Å². The largest absolute Gasteiger partial charge is 0.352 e.